The molecule has 10 N–H and O–H groups in total. The van der Waals surface area contributed by atoms with Crippen LogP contribution in [0.15, 0.2) is 126 Å². The van der Waals surface area contributed by atoms with Gasteiger partial charge in [-0.15, -0.1) is 0 Å². The number of aromatic amines is 1. The highest BCUT2D eigenvalue weighted by molar-refractivity contribution is 8.76. The highest BCUT2D eigenvalue weighted by Crippen LogP contribution is 2.61. The van der Waals surface area contributed by atoms with Crippen LogP contribution in [0.25, 0.3) is 0 Å². The smallest absolute Gasteiger partial charge is 0.161 e. The quantitative estimate of drug-likeness (QED) is 0.0418. The first-order valence-corrected chi connectivity index (χ1v) is 32.4. The summed E-state index contributed by atoms with van der Waals surface area (Å²) in [6.45, 7) is 2.64. The van der Waals surface area contributed by atoms with Crippen molar-refractivity contribution in [1.29, 1.82) is 0 Å². The van der Waals surface area contributed by atoms with Crippen molar-refractivity contribution >= 4 is 21.6 Å². The number of aromatic nitrogens is 1. The normalized spacial score (nSPS) is 34.0. The van der Waals surface area contributed by atoms with Crippen LogP contribution in [0, 0.1) is 58.7 Å². The number of nitrogens with one attached hydrogen (secondary N) is 2. The average molecular weight is 1110 g/mol. The maximum Gasteiger partial charge on any atom is 0.161 e. The standard InChI is InChI=1S/C67H85N3O7S2/c1-2-42-29-45-32-59(74)61(77-62-33-46(30-50-19-14-27-69-50)51-22-28-70-65(68)56(51)41-79-78-40-47(38-71)64(62)76)36-53(45)54-35-60(75)63-44(31-52(42)54)21-26-66(23-13-10-20-58(63)73)37-55(43-15-6-3-7-16-43)57(34-49(66)39-72)67(24-11-5-12-25-67)48-17-8-4-9-18-48/h3-4,6-9,14-19,22,27,31-32,36,42,44,46-47,49,54-55,57-58,60,62-64,69-76H,2,5,10-13,20,23-25,28-30,33-35,37-41,68H2,1H3/t42-,44-,46+,47+,49-,54+,55-,57+,58+,60-,62-,63+,64-,66+/m1/s1. The van der Waals surface area contributed by atoms with Gasteiger partial charge in [-0.3, -0.25) is 0 Å². The fraction of sp³-hybridized carbons (Fsp3) is 0.552. The minimum absolute atomic E-state index is 0.00472. The second-order valence-electron chi connectivity index (χ2n) is 24.6. The summed E-state index contributed by atoms with van der Waals surface area (Å²) >= 11 is 0. The topological polar surface area (TPSA) is 184 Å². The van der Waals surface area contributed by atoms with E-state index in [1.54, 1.807) is 21.6 Å². The van der Waals surface area contributed by atoms with Crippen LogP contribution in [0.5, 0.6) is 11.5 Å². The summed E-state index contributed by atoms with van der Waals surface area (Å²) in [5.41, 5.74) is 15.4. The Morgan fingerprint density at radius 2 is 1.62 bits per heavy atom. The molecule has 12 heteroatoms. The Kier molecular flexibility index (Phi) is 17.7. The van der Waals surface area contributed by atoms with E-state index >= 15 is 0 Å². The third-order valence-electron chi connectivity index (χ3n) is 20.4. The van der Waals surface area contributed by atoms with Crippen LogP contribution in [0.3, 0.4) is 0 Å². The number of rotatable bonds is 10. The molecule has 11 rings (SSSR count). The van der Waals surface area contributed by atoms with Gasteiger partial charge in [-0.2, -0.15) is 0 Å². The van der Waals surface area contributed by atoms with Gasteiger partial charge in [-0.05, 0) is 158 Å². The van der Waals surface area contributed by atoms with E-state index in [2.05, 4.69) is 108 Å². The number of H-pyrrole nitrogens is 1. The van der Waals surface area contributed by atoms with Gasteiger partial charge in [-0.1, -0.05) is 151 Å². The first kappa shape index (κ1) is 56.3. The van der Waals surface area contributed by atoms with E-state index in [4.69, 9.17) is 10.5 Å². The fourth-order valence-electron chi connectivity index (χ4n) is 16.2. The predicted molar refractivity (Wildman–Crippen MR) is 318 cm³/mol. The lowest BCUT2D eigenvalue weighted by atomic mass is 9.48. The first-order chi connectivity index (χ1) is 38.5. The van der Waals surface area contributed by atoms with Crippen molar-refractivity contribution < 1.29 is 35.4 Å². The van der Waals surface area contributed by atoms with E-state index in [-0.39, 0.29) is 59.7 Å². The molecule has 0 amide bonds. The molecule has 1 spiro atoms. The largest absolute Gasteiger partial charge is 0.504 e. The molecule has 422 valence electrons. The molecule has 1 saturated heterocycles. The van der Waals surface area contributed by atoms with Gasteiger partial charge in [0.15, 0.2) is 11.5 Å². The van der Waals surface area contributed by atoms with Crippen LogP contribution in [-0.4, -0.2) is 91.3 Å². The van der Waals surface area contributed by atoms with Crippen LogP contribution in [0.4, 0.5) is 0 Å². The molecule has 0 unspecified atom stereocenters. The van der Waals surface area contributed by atoms with Gasteiger partial charge in [0, 0.05) is 77.8 Å². The first-order valence-electron chi connectivity index (χ1n) is 30.0. The molecular formula is C67H85N3O7S2. The molecule has 1 aromatic heterocycles. The molecule has 3 fully saturated rings. The monoisotopic (exact) mass is 1110 g/mol. The van der Waals surface area contributed by atoms with E-state index in [0.29, 0.717) is 61.9 Å². The van der Waals surface area contributed by atoms with Gasteiger partial charge in [0.2, 0.25) is 0 Å². The van der Waals surface area contributed by atoms with Crippen LogP contribution in [-0.2, 0) is 18.3 Å². The van der Waals surface area contributed by atoms with Crippen molar-refractivity contribution in [3.63, 3.8) is 0 Å². The number of fused-ring (bicyclic) bond motifs is 5. The maximum absolute atomic E-state index is 12.8. The van der Waals surface area contributed by atoms with Crippen LogP contribution < -0.4 is 15.8 Å². The highest BCUT2D eigenvalue weighted by Gasteiger charge is 2.54. The Morgan fingerprint density at radius 3 is 2.37 bits per heavy atom. The number of benzene rings is 3. The van der Waals surface area contributed by atoms with Gasteiger partial charge in [0.05, 0.1) is 18.3 Å². The van der Waals surface area contributed by atoms with E-state index in [1.807, 2.05) is 24.4 Å². The lowest BCUT2D eigenvalue weighted by molar-refractivity contribution is -0.0214. The fourth-order valence-corrected chi connectivity index (χ4v) is 18.7. The summed E-state index contributed by atoms with van der Waals surface area (Å²) in [6.07, 6.45) is 16.7. The summed E-state index contributed by atoms with van der Waals surface area (Å²) in [4.78, 5) is 3.39. The SMILES string of the molecule is CC[C@@H]1Cc2cc(O)c(O[C@@H]3C[C@H](Cc4ccc[nH]4)C4=CCNC(N)=C4CSSC[C@H](CO)[C@H]3O)cc2[C@H]2C[C@@H](O)[C@H]3[C@H](C#C[C@@]4(CCCC[C@@H]3O)C[C@H](c3ccccc3)[C@@H](C3(c5ccccc5)CCCCC3)C[C@@H]4CO)C=C12. The molecule has 7 aliphatic rings. The van der Waals surface area contributed by atoms with Crippen molar-refractivity contribution in [2.24, 2.45) is 52.6 Å². The van der Waals surface area contributed by atoms with E-state index in [0.717, 1.165) is 79.3 Å². The van der Waals surface area contributed by atoms with Crippen LogP contribution in [0.2, 0.25) is 0 Å². The lowest BCUT2D eigenvalue weighted by Gasteiger charge is -2.55. The van der Waals surface area contributed by atoms with Gasteiger partial charge in [0.1, 0.15) is 11.9 Å². The number of allylic oxidation sites excluding steroid dienone is 3. The van der Waals surface area contributed by atoms with Crippen molar-refractivity contribution in [1.82, 2.24) is 10.3 Å². The number of aliphatic hydroxyl groups excluding tert-OH is 5. The molecule has 0 radical (unpaired) electrons. The number of nitrogens with two attached hydrogens (primary N) is 1. The molecule has 2 aliphatic heterocycles. The molecule has 10 nitrogen and oxygen atoms in total. The van der Waals surface area contributed by atoms with E-state index < -0.39 is 47.6 Å². The van der Waals surface area contributed by atoms with Crippen LogP contribution >= 0.6 is 21.6 Å². The number of ether oxygens (including phenoxy) is 1. The minimum atomic E-state index is -1.06. The van der Waals surface area contributed by atoms with Gasteiger partial charge in [0.25, 0.3) is 0 Å². The minimum Gasteiger partial charge on any atom is -0.504 e. The third-order valence-corrected chi connectivity index (χ3v) is 22.8. The second kappa shape index (κ2) is 24.9. The van der Waals surface area contributed by atoms with E-state index in [9.17, 15) is 30.6 Å². The summed E-state index contributed by atoms with van der Waals surface area (Å²) in [6, 6.07) is 30.2. The zero-order valence-electron chi connectivity index (χ0n) is 46.2. The number of dihydropyridines is 1. The molecule has 3 heterocycles. The average Bonchev–Trinajstić information content (AvgIpc) is 4.06. The lowest BCUT2D eigenvalue weighted by Crippen LogP contribution is -2.49. The van der Waals surface area contributed by atoms with E-state index in [1.165, 1.54) is 36.0 Å². The molecule has 14 atom stereocenters. The van der Waals surface area contributed by atoms with Crippen molar-refractivity contribution in [3.8, 4) is 23.3 Å². The van der Waals surface area contributed by atoms with Gasteiger partial charge < -0.3 is 51.4 Å². The number of hydrogen-bond donors (Lipinski definition) is 9. The molecule has 0 bridgehead atoms. The second-order valence-corrected chi connectivity index (χ2v) is 27.1. The highest BCUT2D eigenvalue weighted by atomic mass is 33.1. The zero-order chi connectivity index (χ0) is 54.7. The molecule has 4 aromatic rings. The Labute approximate surface area is 477 Å². The number of aliphatic hydroxyl groups is 5. The number of aromatic hydroxyl groups is 1. The Hall–Kier alpha value is -4.58. The zero-order valence-corrected chi connectivity index (χ0v) is 47.8. The van der Waals surface area contributed by atoms with Gasteiger partial charge in [-0.25, -0.2) is 0 Å². The molecule has 2 saturated carbocycles. The van der Waals surface area contributed by atoms with Gasteiger partial charge >= 0.3 is 0 Å². The maximum atomic E-state index is 12.8. The summed E-state index contributed by atoms with van der Waals surface area (Å²) in [5.74, 6) is 8.89. The Bertz CT molecular complexity index is 2860. The predicted octanol–water partition coefficient (Wildman–Crippen LogP) is 11.0. The van der Waals surface area contributed by atoms with Crippen LogP contribution in [0.1, 0.15) is 137 Å². The molecular weight excluding hydrogens is 1020 g/mol. The summed E-state index contributed by atoms with van der Waals surface area (Å²) in [5, 5.41) is 75.3. The van der Waals surface area contributed by atoms with Crippen molar-refractivity contribution in [2.75, 3.05) is 31.3 Å². The third kappa shape index (κ3) is 11.5. The number of hydrogen-bond acceptors (Lipinski definition) is 11. The molecule has 79 heavy (non-hydrogen) atoms. The molecule has 5 aliphatic carbocycles. The Balaban J connectivity index is 0.963. The number of phenolic OH excluding ortho intramolecular Hbond substituents is 1. The number of phenols is 1. The Morgan fingerprint density at radius 1 is 0.835 bits per heavy atom. The summed E-state index contributed by atoms with van der Waals surface area (Å²) in [7, 11) is 3.27. The van der Waals surface area contributed by atoms with Crippen molar-refractivity contribution in [3.05, 3.63) is 154 Å². The summed E-state index contributed by atoms with van der Waals surface area (Å²) < 4.78 is 7.00. The van der Waals surface area contributed by atoms with Crippen molar-refractivity contribution in [2.45, 2.75) is 151 Å². The molecule has 3 aromatic carbocycles.